The van der Waals surface area contributed by atoms with E-state index in [9.17, 15) is 0 Å². The zero-order valence-corrected chi connectivity index (χ0v) is 19.5. The Balaban J connectivity index is 2.45. The molecule has 2 saturated carbocycles. The Hall–Kier alpha value is 0.860. The SMILES string of the molecule is CCC[PH](CCC)(C1CCCCC1)[PH](CC)(CC)C1CCCCC1. The van der Waals surface area contributed by atoms with Gasteiger partial charge in [0.2, 0.25) is 0 Å². The minimum atomic E-state index is -1.12. The van der Waals surface area contributed by atoms with Gasteiger partial charge in [-0.2, -0.15) is 0 Å². The molecule has 2 aliphatic carbocycles. The van der Waals surface area contributed by atoms with Gasteiger partial charge < -0.3 is 0 Å². The molecule has 0 spiro atoms. The maximum absolute atomic E-state index is 2.65. The van der Waals surface area contributed by atoms with Gasteiger partial charge in [-0.05, 0) is 0 Å². The average molecular weight is 375 g/mol. The monoisotopic (exact) mass is 374 g/mol. The molecule has 0 aliphatic heterocycles. The predicted octanol–water partition coefficient (Wildman–Crippen LogP) is 7.93. The molecule has 2 aliphatic rings. The van der Waals surface area contributed by atoms with Gasteiger partial charge in [0, 0.05) is 0 Å². The van der Waals surface area contributed by atoms with Crippen LogP contribution < -0.4 is 0 Å². The summed E-state index contributed by atoms with van der Waals surface area (Å²) in [5.41, 5.74) is 2.44. The van der Waals surface area contributed by atoms with Crippen LogP contribution in [0, 0.1) is 0 Å². The van der Waals surface area contributed by atoms with Gasteiger partial charge in [0.25, 0.3) is 0 Å². The van der Waals surface area contributed by atoms with Gasteiger partial charge in [0.1, 0.15) is 0 Å². The molecule has 0 aromatic heterocycles. The third-order valence-corrected chi connectivity index (χ3v) is 32.0. The van der Waals surface area contributed by atoms with E-state index in [1.165, 1.54) is 37.0 Å². The fraction of sp³-hybridized carbons (Fsp3) is 1.00. The van der Waals surface area contributed by atoms with Crippen LogP contribution in [-0.2, 0) is 0 Å². The summed E-state index contributed by atoms with van der Waals surface area (Å²) >= 11 is 0. The van der Waals surface area contributed by atoms with E-state index in [0.29, 0.717) is 0 Å². The van der Waals surface area contributed by atoms with Crippen molar-refractivity contribution in [3.05, 3.63) is 0 Å². The Bertz CT molecular complexity index is 330. The van der Waals surface area contributed by atoms with Crippen molar-refractivity contribution < 1.29 is 0 Å². The average Bonchev–Trinajstić information content (AvgIpc) is 2.65. The number of rotatable bonds is 9. The Morgan fingerprint density at radius 2 is 0.917 bits per heavy atom. The van der Waals surface area contributed by atoms with Crippen LogP contribution in [0.5, 0.6) is 0 Å². The molecule has 2 heteroatoms. The normalized spacial score (nSPS) is 23.3. The molecule has 146 valence electrons. The Morgan fingerprint density at radius 1 is 0.542 bits per heavy atom. The first kappa shape index (κ1) is 21.2. The number of hydrogen-bond donors (Lipinski definition) is 0. The van der Waals surface area contributed by atoms with Gasteiger partial charge in [-0.3, -0.25) is 0 Å². The van der Waals surface area contributed by atoms with Crippen LogP contribution in [0.4, 0.5) is 0 Å². The number of hydrogen-bond acceptors (Lipinski definition) is 0. The van der Waals surface area contributed by atoms with Gasteiger partial charge in [0.15, 0.2) is 0 Å². The topological polar surface area (TPSA) is 0 Å². The second-order valence-corrected chi connectivity index (χ2v) is 23.8. The molecule has 0 aromatic rings. The van der Waals surface area contributed by atoms with Crippen LogP contribution in [0.25, 0.3) is 0 Å². The minimum absolute atomic E-state index is 1.11. The molecular weight excluding hydrogens is 326 g/mol. The van der Waals surface area contributed by atoms with Gasteiger partial charge in [-0.1, -0.05) is 0 Å². The maximum atomic E-state index is 2.65. The van der Waals surface area contributed by atoms with Crippen molar-refractivity contribution in [3.63, 3.8) is 0 Å². The summed E-state index contributed by atoms with van der Waals surface area (Å²) in [6.45, 7) is 8.11. The van der Waals surface area contributed by atoms with E-state index >= 15 is 0 Å². The van der Waals surface area contributed by atoms with Crippen LogP contribution in [0.1, 0.15) is 105 Å². The van der Waals surface area contributed by atoms with Gasteiger partial charge in [-0.25, -0.2) is 0 Å². The van der Waals surface area contributed by atoms with Crippen LogP contribution in [0.15, 0.2) is 0 Å². The Labute approximate surface area is 154 Å². The molecule has 0 aromatic carbocycles. The molecule has 2 fully saturated rings. The molecule has 0 radical (unpaired) electrons. The van der Waals surface area contributed by atoms with Crippen LogP contribution in [0.2, 0.25) is 0 Å². The quantitative estimate of drug-likeness (QED) is 0.359. The Morgan fingerprint density at radius 3 is 1.25 bits per heavy atom. The Kier molecular flexibility index (Phi) is 9.05. The summed E-state index contributed by atoms with van der Waals surface area (Å²) in [6, 6.07) is 0. The van der Waals surface area contributed by atoms with Crippen molar-refractivity contribution in [3.8, 4) is 0 Å². The fourth-order valence-corrected chi connectivity index (χ4v) is 34.5. The van der Waals surface area contributed by atoms with Gasteiger partial charge in [-0.15, -0.1) is 0 Å². The van der Waals surface area contributed by atoms with Crippen molar-refractivity contribution in [2.75, 3.05) is 24.6 Å². The molecule has 0 N–H and O–H groups in total. The summed E-state index contributed by atoms with van der Waals surface area (Å²) in [5, 5.41) is 0. The molecule has 0 unspecified atom stereocenters. The van der Waals surface area contributed by atoms with E-state index in [0.717, 1.165) is 0 Å². The molecule has 2 rings (SSSR count). The summed E-state index contributed by atoms with van der Waals surface area (Å²) in [4.78, 5) is 0. The summed E-state index contributed by atoms with van der Waals surface area (Å²) in [7, 11) is 0. The van der Waals surface area contributed by atoms with Gasteiger partial charge >= 0.3 is 155 Å². The first-order valence-corrected chi connectivity index (χ1v) is 17.7. The third kappa shape index (κ3) is 4.06. The standard InChI is InChI=1S/C22H48P2/c1-5-19-24(20-6-2,22-17-13-10-14-18-22)23(7-3,8-4)21-15-11-9-12-16-21/h21-24H,5-20H2,1-4H3. The first-order valence-electron chi connectivity index (χ1n) is 11.7. The molecule has 0 bridgehead atoms. The van der Waals surface area contributed by atoms with Gasteiger partial charge in [0.05, 0.1) is 0 Å². The van der Waals surface area contributed by atoms with E-state index in [-0.39, 0.29) is 0 Å². The molecule has 0 saturated heterocycles. The zero-order valence-electron chi connectivity index (χ0n) is 17.5. The van der Waals surface area contributed by atoms with Crippen LogP contribution in [0.3, 0.4) is 0 Å². The van der Waals surface area contributed by atoms with E-state index in [1.807, 2.05) is 0 Å². The summed E-state index contributed by atoms with van der Waals surface area (Å²) in [6.07, 6.45) is 25.5. The summed E-state index contributed by atoms with van der Waals surface area (Å²) in [5.74, 6) is 0. The molecular formula is C22H48P2. The van der Waals surface area contributed by atoms with Crippen LogP contribution in [-0.4, -0.2) is 36.0 Å². The summed E-state index contributed by atoms with van der Waals surface area (Å²) < 4.78 is 0. The second kappa shape index (κ2) is 10.3. The van der Waals surface area contributed by atoms with Crippen LogP contribution >= 0.6 is 13.9 Å². The van der Waals surface area contributed by atoms with Crippen molar-refractivity contribution in [1.29, 1.82) is 0 Å². The third-order valence-electron chi connectivity index (χ3n) is 8.42. The fourth-order valence-electron chi connectivity index (χ4n) is 7.58. The van der Waals surface area contributed by atoms with Crippen molar-refractivity contribution >= 4 is 13.9 Å². The van der Waals surface area contributed by atoms with Crippen molar-refractivity contribution in [2.24, 2.45) is 0 Å². The molecule has 24 heavy (non-hydrogen) atoms. The first-order chi connectivity index (χ1) is 11.7. The van der Waals surface area contributed by atoms with Crippen molar-refractivity contribution in [1.82, 2.24) is 0 Å². The van der Waals surface area contributed by atoms with E-state index in [4.69, 9.17) is 0 Å². The molecule has 0 amide bonds. The van der Waals surface area contributed by atoms with E-state index in [1.54, 1.807) is 76.0 Å². The molecule has 0 heterocycles. The second-order valence-electron chi connectivity index (χ2n) is 9.19. The van der Waals surface area contributed by atoms with E-state index < -0.39 is 13.9 Å². The van der Waals surface area contributed by atoms with Crippen molar-refractivity contribution in [2.45, 2.75) is 116 Å². The predicted molar refractivity (Wildman–Crippen MR) is 122 cm³/mol. The van der Waals surface area contributed by atoms with E-state index in [2.05, 4.69) is 27.7 Å². The molecule has 0 atom stereocenters. The zero-order chi connectivity index (χ0) is 17.5. The molecule has 0 nitrogen and oxygen atoms in total.